The van der Waals surface area contributed by atoms with Crippen LogP contribution in [0.2, 0.25) is 0 Å². The monoisotopic (exact) mass is 345 g/mol. The molecule has 0 amide bonds. The maximum absolute atomic E-state index is 9.94. The molecule has 2 rings (SSSR count). The second-order valence-electron chi connectivity index (χ2n) is 8.42. The molecule has 0 spiro atoms. The SMILES string of the molecule is CCCCCCCN1C[C@H](C)[C@](C)(c2cccc(O)c2)C[C@H]1CCC. The van der Waals surface area contributed by atoms with Gasteiger partial charge in [0.15, 0.2) is 0 Å². The molecule has 1 aliphatic rings. The van der Waals surface area contributed by atoms with Gasteiger partial charge in [-0.05, 0) is 54.8 Å². The summed E-state index contributed by atoms with van der Waals surface area (Å²) in [6, 6.07) is 8.66. The number of hydrogen-bond acceptors (Lipinski definition) is 2. The van der Waals surface area contributed by atoms with Gasteiger partial charge >= 0.3 is 0 Å². The zero-order chi connectivity index (χ0) is 18.3. The Kier molecular flexibility index (Phi) is 7.81. The van der Waals surface area contributed by atoms with Gasteiger partial charge in [0.2, 0.25) is 0 Å². The van der Waals surface area contributed by atoms with Gasteiger partial charge in [0.05, 0.1) is 0 Å². The largest absolute Gasteiger partial charge is 0.508 e. The van der Waals surface area contributed by atoms with E-state index in [1.54, 1.807) is 6.07 Å². The fourth-order valence-corrected chi connectivity index (χ4v) is 4.60. The van der Waals surface area contributed by atoms with E-state index >= 15 is 0 Å². The third-order valence-corrected chi connectivity index (χ3v) is 6.45. The number of benzene rings is 1. The summed E-state index contributed by atoms with van der Waals surface area (Å²) in [6.45, 7) is 11.8. The highest BCUT2D eigenvalue weighted by Crippen LogP contribution is 2.43. The van der Waals surface area contributed by atoms with Crippen molar-refractivity contribution in [2.24, 2.45) is 5.92 Å². The Bertz CT molecular complexity index is 515. The summed E-state index contributed by atoms with van der Waals surface area (Å²) >= 11 is 0. The van der Waals surface area contributed by atoms with Crippen LogP contribution in [0.25, 0.3) is 0 Å². The first kappa shape index (κ1) is 20.3. The number of nitrogens with zero attached hydrogens (tertiary/aromatic N) is 1. The zero-order valence-corrected chi connectivity index (χ0v) is 16.9. The van der Waals surface area contributed by atoms with Crippen LogP contribution in [0.3, 0.4) is 0 Å². The Morgan fingerprint density at radius 2 is 1.88 bits per heavy atom. The van der Waals surface area contributed by atoms with Gasteiger partial charge in [-0.3, -0.25) is 0 Å². The molecule has 0 bridgehead atoms. The van der Waals surface area contributed by atoms with Crippen LogP contribution in [-0.2, 0) is 5.41 Å². The molecule has 3 atom stereocenters. The molecule has 142 valence electrons. The van der Waals surface area contributed by atoms with E-state index in [1.807, 2.05) is 12.1 Å². The second-order valence-corrected chi connectivity index (χ2v) is 8.42. The van der Waals surface area contributed by atoms with Gasteiger partial charge in [0, 0.05) is 12.6 Å². The highest BCUT2D eigenvalue weighted by atomic mass is 16.3. The molecule has 2 nitrogen and oxygen atoms in total. The Morgan fingerprint density at radius 3 is 2.56 bits per heavy atom. The lowest BCUT2D eigenvalue weighted by Gasteiger charge is -2.50. The van der Waals surface area contributed by atoms with Gasteiger partial charge in [0.25, 0.3) is 0 Å². The molecule has 0 aromatic heterocycles. The van der Waals surface area contributed by atoms with E-state index in [2.05, 4.69) is 38.7 Å². The highest BCUT2D eigenvalue weighted by molar-refractivity contribution is 5.34. The van der Waals surface area contributed by atoms with Gasteiger partial charge in [-0.25, -0.2) is 0 Å². The van der Waals surface area contributed by atoms with Crippen LogP contribution in [0.5, 0.6) is 5.75 Å². The first-order chi connectivity index (χ1) is 12.0. The summed E-state index contributed by atoms with van der Waals surface area (Å²) in [5.74, 6) is 1.01. The van der Waals surface area contributed by atoms with E-state index in [4.69, 9.17) is 0 Å². The number of phenols is 1. The maximum atomic E-state index is 9.94. The third kappa shape index (κ3) is 5.23. The van der Waals surface area contributed by atoms with Gasteiger partial charge in [0.1, 0.15) is 5.75 Å². The molecule has 1 aromatic carbocycles. The van der Waals surface area contributed by atoms with Crippen LogP contribution in [0.1, 0.15) is 84.6 Å². The van der Waals surface area contributed by atoms with Crippen LogP contribution >= 0.6 is 0 Å². The summed E-state index contributed by atoms with van der Waals surface area (Å²) in [5.41, 5.74) is 1.47. The molecule has 1 aromatic rings. The maximum Gasteiger partial charge on any atom is 0.115 e. The van der Waals surface area contributed by atoms with E-state index in [1.165, 1.54) is 70.0 Å². The van der Waals surface area contributed by atoms with Crippen molar-refractivity contribution < 1.29 is 5.11 Å². The third-order valence-electron chi connectivity index (χ3n) is 6.45. The van der Waals surface area contributed by atoms with Gasteiger partial charge in [-0.2, -0.15) is 0 Å². The molecule has 25 heavy (non-hydrogen) atoms. The van der Waals surface area contributed by atoms with Crippen molar-refractivity contribution in [2.45, 2.75) is 90.5 Å². The van der Waals surface area contributed by atoms with Gasteiger partial charge < -0.3 is 10.0 Å². The Hall–Kier alpha value is -1.02. The Labute approximate surface area is 155 Å². The molecule has 2 heteroatoms. The van der Waals surface area contributed by atoms with E-state index in [-0.39, 0.29) is 5.41 Å². The van der Waals surface area contributed by atoms with Crippen molar-refractivity contribution in [3.8, 4) is 5.75 Å². The zero-order valence-electron chi connectivity index (χ0n) is 16.9. The van der Waals surface area contributed by atoms with E-state index in [9.17, 15) is 5.11 Å². The fourth-order valence-electron chi connectivity index (χ4n) is 4.60. The number of likely N-dealkylation sites (tertiary alicyclic amines) is 1. The van der Waals surface area contributed by atoms with Crippen molar-refractivity contribution in [2.75, 3.05) is 13.1 Å². The molecule has 1 N–H and O–H groups in total. The lowest BCUT2D eigenvalue weighted by atomic mass is 9.65. The van der Waals surface area contributed by atoms with Crippen molar-refractivity contribution >= 4 is 0 Å². The summed E-state index contributed by atoms with van der Waals surface area (Å²) in [7, 11) is 0. The molecular weight excluding hydrogens is 306 g/mol. The molecule has 0 unspecified atom stereocenters. The van der Waals surface area contributed by atoms with Crippen LogP contribution in [-0.4, -0.2) is 29.1 Å². The predicted molar refractivity (Wildman–Crippen MR) is 108 cm³/mol. The van der Waals surface area contributed by atoms with Crippen LogP contribution in [0.15, 0.2) is 24.3 Å². The van der Waals surface area contributed by atoms with Gasteiger partial charge in [-0.1, -0.05) is 71.9 Å². The van der Waals surface area contributed by atoms with E-state index < -0.39 is 0 Å². The van der Waals surface area contributed by atoms with Gasteiger partial charge in [-0.15, -0.1) is 0 Å². The predicted octanol–water partition coefficient (Wildman–Crippen LogP) is 6.13. The van der Waals surface area contributed by atoms with Crippen LogP contribution < -0.4 is 0 Å². The number of aromatic hydroxyl groups is 1. The topological polar surface area (TPSA) is 23.5 Å². The first-order valence-corrected chi connectivity index (χ1v) is 10.5. The second kappa shape index (κ2) is 9.62. The molecule has 1 heterocycles. The van der Waals surface area contributed by atoms with Crippen LogP contribution in [0.4, 0.5) is 0 Å². The minimum absolute atomic E-state index is 0.164. The molecule has 0 aliphatic carbocycles. The van der Waals surface area contributed by atoms with Crippen molar-refractivity contribution in [3.05, 3.63) is 29.8 Å². The first-order valence-electron chi connectivity index (χ1n) is 10.5. The number of phenolic OH excluding ortho intramolecular Hbond substituents is 1. The van der Waals surface area contributed by atoms with E-state index in [0.29, 0.717) is 17.7 Å². The number of hydrogen-bond donors (Lipinski definition) is 1. The molecule has 1 fully saturated rings. The summed E-state index contributed by atoms with van der Waals surface area (Å²) in [6.07, 6.45) is 10.6. The van der Waals surface area contributed by atoms with Crippen molar-refractivity contribution in [1.29, 1.82) is 0 Å². The standard InChI is InChI=1S/C23H39NO/c1-5-7-8-9-10-15-24-18-19(3)23(4,17-21(24)12-6-2)20-13-11-14-22(25)16-20/h11,13-14,16,19,21,25H,5-10,12,15,17-18H2,1-4H3/t19-,21+,23+/m0/s1. The summed E-state index contributed by atoms with van der Waals surface area (Å²) < 4.78 is 0. The number of piperidine rings is 1. The molecule has 0 saturated carbocycles. The Morgan fingerprint density at radius 1 is 1.12 bits per heavy atom. The number of unbranched alkanes of at least 4 members (excludes halogenated alkanes) is 4. The smallest absolute Gasteiger partial charge is 0.115 e. The molecule has 1 saturated heterocycles. The molecule has 1 aliphatic heterocycles. The van der Waals surface area contributed by atoms with Crippen molar-refractivity contribution in [3.63, 3.8) is 0 Å². The number of rotatable bonds is 9. The Balaban J connectivity index is 2.05. The molecular formula is C23H39NO. The van der Waals surface area contributed by atoms with Crippen molar-refractivity contribution in [1.82, 2.24) is 4.90 Å². The molecule has 0 radical (unpaired) electrons. The average Bonchev–Trinajstić information content (AvgIpc) is 2.59. The minimum Gasteiger partial charge on any atom is -0.508 e. The minimum atomic E-state index is 0.164. The summed E-state index contributed by atoms with van der Waals surface area (Å²) in [4.78, 5) is 2.77. The van der Waals surface area contributed by atoms with Crippen LogP contribution in [0, 0.1) is 5.92 Å². The highest BCUT2D eigenvalue weighted by Gasteiger charge is 2.42. The quantitative estimate of drug-likeness (QED) is 0.544. The normalized spacial score (nSPS) is 27.5. The summed E-state index contributed by atoms with van der Waals surface area (Å²) in [5, 5.41) is 9.94. The van der Waals surface area contributed by atoms with E-state index in [0.717, 1.165) is 0 Å². The lowest BCUT2D eigenvalue weighted by molar-refractivity contribution is 0.0483. The lowest BCUT2D eigenvalue weighted by Crippen LogP contribution is -2.53. The average molecular weight is 346 g/mol. The fraction of sp³-hybridized carbons (Fsp3) is 0.739.